The van der Waals surface area contributed by atoms with Crippen LogP contribution in [0.5, 0.6) is 0 Å². The molecule has 10 heteroatoms. The summed E-state index contributed by atoms with van der Waals surface area (Å²) in [6.07, 6.45) is 10.0. The Morgan fingerprint density at radius 3 is 2.87 bits per heavy atom. The fourth-order valence-corrected chi connectivity index (χ4v) is 5.30. The molecule has 0 amide bonds. The first kappa shape index (κ1) is 25.8. The molecule has 5 heterocycles. The molecule has 200 valence electrons. The monoisotopic (exact) mass is 516 g/mol. The Balaban J connectivity index is 1.22. The van der Waals surface area contributed by atoms with Crippen LogP contribution in [0.15, 0.2) is 43.0 Å². The standard InChI is InChI=1S/C28H36N8O2/c1-2-22-26(32-17-24(28(37)38)31-16-19-5-3-11-29-15-19)33-18-34-27(22)36-13-9-20(10-14-36)23-8-7-21-6-4-12-30-25(21)35-23/h3,5,7-8,11,15,18,20,24,31H,2,4,6,9-10,12-14,16-17H2,1H3,(H,30,35)(H,37,38)(H,32,33,34)/t24-/m0/s1. The lowest BCUT2D eigenvalue weighted by atomic mass is 9.92. The van der Waals surface area contributed by atoms with Gasteiger partial charge in [0.15, 0.2) is 0 Å². The maximum atomic E-state index is 11.9. The van der Waals surface area contributed by atoms with E-state index in [1.807, 2.05) is 12.1 Å². The van der Waals surface area contributed by atoms with Crippen LogP contribution in [0.3, 0.4) is 0 Å². The van der Waals surface area contributed by atoms with Gasteiger partial charge >= 0.3 is 5.97 Å². The van der Waals surface area contributed by atoms with Crippen molar-refractivity contribution in [2.24, 2.45) is 0 Å². The number of nitrogens with zero attached hydrogens (tertiary/aromatic N) is 5. The fourth-order valence-electron chi connectivity index (χ4n) is 5.30. The average Bonchev–Trinajstić information content (AvgIpc) is 2.97. The van der Waals surface area contributed by atoms with Gasteiger partial charge in [0, 0.05) is 62.3 Å². The molecule has 0 radical (unpaired) electrons. The minimum absolute atomic E-state index is 0.207. The van der Waals surface area contributed by atoms with Gasteiger partial charge in [-0.15, -0.1) is 0 Å². The third-order valence-electron chi connectivity index (χ3n) is 7.45. The summed E-state index contributed by atoms with van der Waals surface area (Å²) in [6.45, 7) is 5.50. The largest absolute Gasteiger partial charge is 0.480 e. The summed E-state index contributed by atoms with van der Waals surface area (Å²) in [4.78, 5) is 32.3. The van der Waals surface area contributed by atoms with E-state index in [1.54, 1.807) is 18.7 Å². The summed E-state index contributed by atoms with van der Waals surface area (Å²) in [5.41, 5.74) is 4.45. The van der Waals surface area contributed by atoms with Crippen molar-refractivity contribution >= 4 is 23.4 Å². The molecule has 0 bridgehead atoms. The van der Waals surface area contributed by atoms with Crippen molar-refractivity contribution in [2.45, 2.75) is 57.5 Å². The van der Waals surface area contributed by atoms with E-state index < -0.39 is 12.0 Å². The van der Waals surface area contributed by atoms with Crippen LogP contribution in [-0.4, -0.2) is 63.2 Å². The Hall–Kier alpha value is -3.79. The molecule has 1 atom stereocenters. The summed E-state index contributed by atoms with van der Waals surface area (Å²) in [5, 5.41) is 19.5. The molecule has 0 unspecified atom stereocenters. The maximum absolute atomic E-state index is 11.9. The van der Waals surface area contributed by atoms with E-state index in [1.165, 1.54) is 17.7 Å². The van der Waals surface area contributed by atoms with E-state index in [9.17, 15) is 9.90 Å². The van der Waals surface area contributed by atoms with Gasteiger partial charge in [-0.3, -0.25) is 15.1 Å². The number of carbonyl (C=O) groups is 1. The van der Waals surface area contributed by atoms with E-state index in [0.717, 1.165) is 68.1 Å². The zero-order chi connectivity index (χ0) is 26.3. The summed E-state index contributed by atoms with van der Waals surface area (Å²) >= 11 is 0. The minimum Gasteiger partial charge on any atom is -0.480 e. The van der Waals surface area contributed by atoms with Crippen molar-refractivity contribution < 1.29 is 9.90 Å². The van der Waals surface area contributed by atoms with Gasteiger partial charge in [0.05, 0.1) is 0 Å². The first-order chi connectivity index (χ1) is 18.6. The molecule has 4 N–H and O–H groups in total. The molecule has 10 nitrogen and oxygen atoms in total. The highest BCUT2D eigenvalue weighted by Gasteiger charge is 2.26. The number of carboxylic acids is 1. The molecule has 3 aromatic rings. The van der Waals surface area contributed by atoms with Crippen molar-refractivity contribution in [3.05, 3.63) is 65.4 Å². The Bertz CT molecular complexity index is 1230. The van der Waals surface area contributed by atoms with E-state index in [0.29, 0.717) is 18.3 Å². The second kappa shape index (κ2) is 12.2. The normalized spacial score (nSPS) is 16.4. The number of pyridine rings is 2. The Kier molecular flexibility index (Phi) is 8.28. The van der Waals surface area contributed by atoms with E-state index in [-0.39, 0.29) is 6.54 Å². The van der Waals surface area contributed by atoms with Gasteiger partial charge in [0.1, 0.15) is 29.8 Å². The third kappa shape index (κ3) is 6.02. The Morgan fingerprint density at radius 2 is 2.11 bits per heavy atom. The number of fused-ring (bicyclic) bond motifs is 1. The molecule has 2 aliphatic rings. The number of carboxylic acid groups (broad SMARTS) is 1. The summed E-state index contributed by atoms with van der Waals surface area (Å²) < 4.78 is 0. The molecule has 5 rings (SSSR count). The van der Waals surface area contributed by atoms with Crippen LogP contribution in [0.1, 0.15) is 54.5 Å². The van der Waals surface area contributed by atoms with Crippen LogP contribution in [-0.2, 0) is 24.2 Å². The highest BCUT2D eigenvalue weighted by atomic mass is 16.4. The lowest BCUT2D eigenvalue weighted by molar-refractivity contribution is -0.139. The molecule has 0 saturated carbocycles. The lowest BCUT2D eigenvalue weighted by Gasteiger charge is -2.34. The van der Waals surface area contributed by atoms with Crippen LogP contribution < -0.4 is 20.9 Å². The first-order valence-corrected chi connectivity index (χ1v) is 13.5. The van der Waals surface area contributed by atoms with Gasteiger partial charge in [0.2, 0.25) is 0 Å². The number of nitrogens with one attached hydrogen (secondary N) is 3. The van der Waals surface area contributed by atoms with Crippen LogP contribution in [0, 0.1) is 0 Å². The van der Waals surface area contributed by atoms with Crippen molar-refractivity contribution in [1.82, 2.24) is 25.3 Å². The van der Waals surface area contributed by atoms with Crippen LogP contribution >= 0.6 is 0 Å². The SMILES string of the molecule is CCc1c(NC[C@H](NCc2cccnc2)C(=O)O)ncnc1N1CCC(c2ccc3c(n2)NCCC3)CC1. The number of aliphatic carboxylic acids is 1. The van der Waals surface area contributed by atoms with Gasteiger partial charge in [-0.05, 0) is 55.4 Å². The molecule has 3 aromatic heterocycles. The van der Waals surface area contributed by atoms with Crippen molar-refractivity contribution in [2.75, 3.05) is 41.7 Å². The highest BCUT2D eigenvalue weighted by molar-refractivity contribution is 5.74. The third-order valence-corrected chi connectivity index (χ3v) is 7.45. The molecule has 1 fully saturated rings. The summed E-state index contributed by atoms with van der Waals surface area (Å²) in [6, 6.07) is 7.43. The van der Waals surface area contributed by atoms with Crippen molar-refractivity contribution in [1.29, 1.82) is 0 Å². The van der Waals surface area contributed by atoms with E-state index in [2.05, 4.69) is 54.9 Å². The molecular weight excluding hydrogens is 480 g/mol. The number of aromatic nitrogens is 4. The maximum Gasteiger partial charge on any atom is 0.322 e. The van der Waals surface area contributed by atoms with Gasteiger partial charge in [-0.1, -0.05) is 19.1 Å². The van der Waals surface area contributed by atoms with Crippen molar-refractivity contribution in [3.63, 3.8) is 0 Å². The number of hydrogen-bond donors (Lipinski definition) is 4. The average molecular weight is 517 g/mol. The molecule has 2 aliphatic heterocycles. The van der Waals surface area contributed by atoms with Gasteiger partial charge in [-0.2, -0.15) is 0 Å². The lowest BCUT2D eigenvalue weighted by Crippen LogP contribution is -2.42. The number of rotatable bonds is 10. The molecule has 0 aliphatic carbocycles. The molecular formula is C28H36N8O2. The number of aryl methyl sites for hydroxylation is 1. The quantitative estimate of drug-likeness (QED) is 0.319. The van der Waals surface area contributed by atoms with Crippen LogP contribution in [0.25, 0.3) is 0 Å². The second-order valence-electron chi connectivity index (χ2n) is 9.93. The fraction of sp³-hybridized carbons (Fsp3) is 0.464. The number of piperidine rings is 1. The van der Waals surface area contributed by atoms with E-state index >= 15 is 0 Å². The molecule has 38 heavy (non-hydrogen) atoms. The topological polar surface area (TPSA) is 128 Å². The van der Waals surface area contributed by atoms with Crippen LogP contribution in [0.2, 0.25) is 0 Å². The predicted octanol–water partition coefficient (Wildman–Crippen LogP) is 3.23. The smallest absolute Gasteiger partial charge is 0.322 e. The second-order valence-corrected chi connectivity index (χ2v) is 9.93. The molecule has 0 spiro atoms. The zero-order valence-electron chi connectivity index (χ0n) is 21.9. The van der Waals surface area contributed by atoms with Crippen LogP contribution in [0.4, 0.5) is 17.5 Å². The molecule has 0 aromatic carbocycles. The van der Waals surface area contributed by atoms with Crippen molar-refractivity contribution in [3.8, 4) is 0 Å². The highest BCUT2D eigenvalue weighted by Crippen LogP contribution is 2.33. The number of hydrogen-bond acceptors (Lipinski definition) is 9. The predicted molar refractivity (Wildman–Crippen MR) is 148 cm³/mol. The van der Waals surface area contributed by atoms with Gasteiger partial charge in [0.25, 0.3) is 0 Å². The summed E-state index contributed by atoms with van der Waals surface area (Å²) in [5.74, 6) is 2.20. The minimum atomic E-state index is -0.915. The van der Waals surface area contributed by atoms with Gasteiger partial charge < -0.3 is 20.6 Å². The zero-order valence-corrected chi connectivity index (χ0v) is 21.9. The molecule has 1 saturated heterocycles. The first-order valence-electron chi connectivity index (χ1n) is 13.5. The Labute approximate surface area is 223 Å². The van der Waals surface area contributed by atoms with E-state index in [4.69, 9.17) is 4.98 Å². The number of anilines is 3. The van der Waals surface area contributed by atoms with Gasteiger partial charge in [-0.25, -0.2) is 15.0 Å². The Morgan fingerprint density at radius 1 is 1.24 bits per heavy atom. The summed E-state index contributed by atoms with van der Waals surface area (Å²) in [7, 11) is 0.